The van der Waals surface area contributed by atoms with E-state index < -0.39 is 0 Å². The standard InChI is InChI=1S/C18H23ClN4O/c1-24-12-16-10-17(23-7-5-13(11-20)6-8-23)22-18(21-16)14-3-2-4-15(19)9-14/h2-4,9-10,13H,5-8,11-12,20H2,1H3. The lowest BCUT2D eigenvalue weighted by atomic mass is 9.97. The van der Waals surface area contributed by atoms with Crippen LogP contribution in [0.15, 0.2) is 30.3 Å². The van der Waals surface area contributed by atoms with Crippen molar-refractivity contribution < 1.29 is 4.74 Å². The third-order valence-electron chi connectivity index (χ3n) is 4.41. The first-order valence-electron chi connectivity index (χ1n) is 8.27. The molecule has 0 atom stereocenters. The van der Waals surface area contributed by atoms with Crippen molar-refractivity contribution in [3.05, 3.63) is 41.0 Å². The number of ether oxygens (including phenoxy) is 1. The first-order chi connectivity index (χ1) is 11.7. The molecule has 0 aliphatic carbocycles. The molecule has 1 saturated heterocycles. The third-order valence-corrected chi connectivity index (χ3v) is 4.65. The van der Waals surface area contributed by atoms with Gasteiger partial charge in [-0.1, -0.05) is 23.7 Å². The Morgan fingerprint density at radius 1 is 1.25 bits per heavy atom. The number of nitrogens with zero attached hydrogens (tertiary/aromatic N) is 3. The topological polar surface area (TPSA) is 64.3 Å². The second kappa shape index (κ2) is 7.92. The smallest absolute Gasteiger partial charge is 0.161 e. The lowest BCUT2D eigenvalue weighted by Gasteiger charge is -2.32. The van der Waals surface area contributed by atoms with Crippen molar-refractivity contribution in [2.24, 2.45) is 11.7 Å². The zero-order chi connectivity index (χ0) is 16.9. The van der Waals surface area contributed by atoms with Crippen molar-refractivity contribution in [1.29, 1.82) is 0 Å². The molecule has 0 unspecified atom stereocenters. The summed E-state index contributed by atoms with van der Waals surface area (Å²) >= 11 is 6.11. The van der Waals surface area contributed by atoms with Crippen LogP contribution in [0.25, 0.3) is 11.4 Å². The lowest BCUT2D eigenvalue weighted by molar-refractivity contribution is 0.181. The van der Waals surface area contributed by atoms with Crippen LogP contribution in [0.4, 0.5) is 5.82 Å². The highest BCUT2D eigenvalue weighted by atomic mass is 35.5. The quantitative estimate of drug-likeness (QED) is 0.901. The second-order valence-electron chi connectivity index (χ2n) is 6.15. The van der Waals surface area contributed by atoms with Gasteiger partial charge in [-0.2, -0.15) is 0 Å². The molecule has 1 aromatic carbocycles. The molecule has 0 spiro atoms. The van der Waals surface area contributed by atoms with Crippen molar-refractivity contribution in [3.8, 4) is 11.4 Å². The Kier molecular flexibility index (Phi) is 5.66. The predicted octanol–water partition coefficient (Wildman–Crippen LogP) is 3.12. The monoisotopic (exact) mass is 346 g/mol. The number of halogens is 1. The molecule has 128 valence electrons. The molecule has 0 saturated carbocycles. The first-order valence-corrected chi connectivity index (χ1v) is 8.65. The van der Waals surface area contributed by atoms with E-state index in [9.17, 15) is 0 Å². The van der Waals surface area contributed by atoms with Gasteiger partial charge in [-0.15, -0.1) is 0 Å². The van der Waals surface area contributed by atoms with E-state index in [1.807, 2.05) is 30.3 Å². The summed E-state index contributed by atoms with van der Waals surface area (Å²) in [6.45, 7) is 3.17. The first kappa shape index (κ1) is 17.1. The van der Waals surface area contributed by atoms with Crippen LogP contribution in [0, 0.1) is 5.92 Å². The molecule has 0 radical (unpaired) electrons. The molecular formula is C18H23ClN4O. The van der Waals surface area contributed by atoms with Crippen LogP contribution in [0.3, 0.4) is 0 Å². The Morgan fingerprint density at radius 2 is 2.04 bits per heavy atom. The van der Waals surface area contributed by atoms with Crippen LogP contribution in [-0.4, -0.2) is 36.7 Å². The summed E-state index contributed by atoms with van der Waals surface area (Å²) in [7, 11) is 1.67. The number of benzene rings is 1. The maximum atomic E-state index is 6.11. The van der Waals surface area contributed by atoms with E-state index in [0.717, 1.165) is 49.6 Å². The van der Waals surface area contributed by atoms with Crippen molar-refractivity contribution in [3.63, 3.8) is 0 Å². The number of aromatic nitrogens is 2. The molecule has 6 heteroatoms. The number of hydrogen-bond donors (Lipinski definition) is 1. The number of hydrogen-bond acceptors (Lipinski definition) is 5. The zero-order valence-electron chi connectivity index (χ0n) is 13.9. The van der Waals surface area contributed by atoms with Crippen molar-refractivity contribution in [2.45, 2.75) is 19.4 Å². The van der Waals surface area contributed by atoms with E-state index in [0.29, 0.717) is 23.4 Å². The fraction of sp³-hybridized carbons (Fsp3) is 0.444. The number of nitrogens with two attached hydrogens (primary N) is 1. The van der Waals surface area contributed by atoms with Crippen LogP contribution in [0.2, 0.25) is 5.02 Å². The van der Waals surface area contributed by atoms with Crippen LogP contribution >= 0.6 is 11.6 Å². The number of piperidine rings is 1. The molecule has 0 amide bonds. The van der Waals surface area contributed by atoms with E-state index in [2.05, 4.69) is 9.88 Å². The second-order valence-corrected chi connectivity index (χ2v) is 6.59. The van der Waals surface area contributed by atoms with Crippen LogP contribution in [0.1, 0.15) is 18.5 Å². The Morgan fingerprint density at radius 3 is 2.71 bits per heavy atom. The number of rotatable bonds is 5. The van der Waals surface area contributed by atoms with Gasteiger partial charge in [-0.25, -0.2) is 9.97 Å². The number of methoxy groups -OCH3 is 1. The van der Waals surface area contributed by atoms with Crippen molar-refractivity contribution in [2.75, 3.05) is 31.6 Å². The Hall–Kier alpha value is -1.69. The van der Waals surface area contributed by atoms with Crippen LogP contribution in [0.5, 0.6) is 0 Å². The minimum atomic E-state index is 0.461. The van der Waals surface area contributed by atoms with E-state index in [-0.39, 0.29) is 0 Å². The minimum Gasteiger partial charge on any atom is -0.378 e. The fourth-order valence-electron chi connectivity index (χ4n) is 3.02. The van der Waals surface area contributed by atoms with Gasteiger partial charge in [0.1, 0.15) is 5.82 Å². The highest BCUT2D eigenvalue weighted by molar-refractivity contribution is 6.30. The average Bonchev–Trinajstić information content (AvgIpc) is 2.62. The Bertz CT molecular complexity index is 686. The predicted molar refractivity (Wildman–Crippen MR) is 97.2 cm³/mol. The molecule has 2 aromatic rings. The normalized spacial score (nSPS) is 15.7. The van der Waals surface area contributed by atoms with Gasteiger partial charge < -0.3 is 15.4 Å². The molecule has 3 rings (SSSR count). The molecule has 5 nitrogen and oxygen atoms in total. The van der Waals surface area contributed by atoms with Crippen molar-refractivity contribution in [1.82, 2.24) is 9.97 Å². The summed E-state index contributed by atoms with van der Waals surface area (Å²) in [5, 5.41) is 0.679. The minimum absolute atomic E-state index is 0.461. The Labute approximate surface area is 147 Å². The molecule has 0 bridgehead atoms. The summed E-state index contributed by atoms with van der Waals surface area (Å²) in [5.74, 6) is 2.25. The number of anilines is 1. The van der Waals surface area contributed by atoms with Crippen LogP contribution < -0.4 is 10.6 Å². The fourth-order valence-corrected chi connectivity index (χ4v) is 3.21. The van der Waals surface area contributed by atoms with Gasteiger partial charge >= 0.3 is 0 Å². The van der Waals surface area contributed by atoms with Gasteiger partial charge in [0.25, 0.3) is 0 Å². The summed E-state index contributed by atoms with van der Waals surface area (Å²) in [6, 6.07) is 9.64. The molecule has 1 aliphatic rings. The van der Waals surface area contributed by atoms with Gasteiger partial charge in [0.15, 0.2) is 5.82 Å². The highest BCUT2D eigenvalue weighted by Crippen LogP contribution is 2.26. The average molecular weight is 347 g/mol. The van der Waals surface area contributed by atoms with E-state index in [4.69, 9.17) is 27.1 Å². The third kappa shape index (κ3) is 4.04. The summed E-state index contributed by atoms with van der Waals surface area (Å²) in [5.41, 5.74) is 7.58. The molecule has 24 heavy (non-hydrogen) atoms. The maximum Gasteiger partial charge on any atom is 0.161 e. The molecular weight excluding hydrogens is 324 g/mol. The zero-order valence-corrected chi connectivity index (χ0v) is 14.7. The van der Waals surface area contributed by atoms with E-state index in [1.165, 1.54) is 0 Å². The van der Waals surface area contributed by atoms with Crippen molar-refractivity contribution >= 4 is 17.4 Å². The molecule has 1 aromatic heterocycles. The SMILES string of the molecule is COCc1cc(N2CCC(CN)CC2)nc(-c2cccc(Cl)c2)n1. The van der Waals surface area contributed by atoms with Crippen LogP contribution in [-0.2, 0) is 11.3 Å². The molecule has 1 fully saturated rings. The Balaban J connectivity index is 1.91. The van der Waals surface area contributed by atoms with E-state index in [1.54, 1.807) is 7.11 Å². The maximum absolute atomic E-state index is 6.11. The van der Waals surface area contributed by atoms with E-state index >= 15 is 0 Å². The van der Waals surface area contributed by atoms with Gasteiger partial charge in [0, 0.05) is 36.9 Å². The molecule has 2 heterocycles. The van der Waals surface area contributed by atoms with Gasteiger partial charge in [0.2, 0.25) is 0 Å². The largest absolute Gasteiger partial charge is 0.378 e. The summed E-state index contributed by atoms with van der Waals surface area (Å²) in [6.07, 6.45) is 2.21. The van der Waals surface area contributed by atoms with Gasteiger partial charge in [-0.05, 0) is 37.4 Å². The molecule has 2 N–H and O–H groups in total. The summed E-state index contributed by atoms with van der Waals surface area (Å²) < 4.78 is 5.27. The lowest BCUT2D eigenvalue weighted by Crippen LogP contribution is -2.36. The summed E-state index contributed by atoms with van der Waals surface area (Å²) in [4.78, 5) is 11.7. The van der Waals surface area contributed by atoms with Gasteiger partial charge in [0.05, 0.1) is 12.3 Å². The molecule has 1 aliphatic heterocycles. The highest BCUT2D eigenvalue weighted by Gasteiger charge is 2.20. The van der Waals surface area contributed by atoms with Gasteiger partial charge in [-0.3, -0.25) is 0 Å².